The van der Waals surface area contributed by atoms with E-state index in [-0.39, 0.29) is 12.2 Å². The number of amides is 1. The molecule has 0 aliphatic heterocycles. The third kappa shape index (κ3) is 10.3. The molecule has 3 saturated carbocycles. The van der Waals surface area contributed by atoms with Crippen LogP contribution in [-0.4, -0.2) is 43.3 Å². The molecule has 4 heteroatoms. The minimum absolute atomic E-state index is 0.0379. The topological polar surface area (TPSA) is 41.6 Å². The maximum Gasteiger partial charge on any atom is 0.407 e. The lowest BCUT2D eigenvalue weighted by Gasteiger charge is -2.58. The largest absolute Gasteiger partial charge is 0.446 e. The van der Waals surface area contributed by atoms with Crippen LogP contribution in [0.1, 0.15) is 177 Å². The van der Waals surface area contributed by atoms with Gasteiger partial charge in [0.2, 0.25) is 0 Å². The smallest absolute Gasteiger partial charge is 0.407 e. The lowest BCUT2D eigenvalue weighted by molar-refractivity contribution is -0.0581. The fourth-order valence-corrected chi connectivity index (χ4v) is 11.3. The van der Waals surface area contributed by atoms with Gasteiger partial charge in [0, 0.05) is 13.0 Å². The molecule has 8 atom stereocenters. The van der Waals surface area contributed by atoms with Crippen molar-refractivity contribution in [2.24, 2.45) is 46.3 Å². The molecule has 4 aliphatic rings. The van der Waals surface area contributed by atoms with Gasteiger partial charge in [-0.05, 0) is 130 Å². The molecular formula is C43H78N2O2. The van der Waals surface area contributed by atoms with E-state index in [0.29, 0.717) is 17.4 Å². The number of nitrogens with zero attached hydrogens (tertiary/aromatic N) is 1. The molecule has 4 rings (SSSR count). The van der Waals surface area contributed by atoms with E-state index in [1.807, 2.05) is 0 Å². The average molecular weight is 655 g/mol. The summed E-state index contributed by atoms with van der Waals surface area (Å²) in [5, 5.41) is 3.12. The van der Waals surface area contributed by atoms with E-state index < -0.39 is 0 Å². The van der Waals surface area contributed by atoms with Crippen LogP contribution in [0.15, 0.2) is 11.6 Å². The Balaban J connectivity index is 1.22. The number of hydrogen-bond acceptors (Lipinski definition) is 3. The van der Waals surface area contributed by atoms with E-state index in [2.05, 4.69) is 64.8 Å². The van der Waals surface area contributed by atoms with Crippen molar-refractivity contribution >= 4 is 6.09 Å². The summed E-state index contributed by atoms with van der Waals surface area (Å²) in [7, 11) is 0. The van der Waals surface area contributed by atoms with Gasteiger partial charge in [-0.2, -0.15) is 0 Å². The Kier molecular flexibility index (Phi) is 15.5. The molecule has 4 aliphatic carbocycles. The minimum atomic E-state index is -0.196. The van der Waals surface area contributed by atoms with Gasteiger partial charge in [-0.3, -0.25) is 0 Å². The highest BCUT2D eigenvalue weighted by Crippen LogP contribution is 2.67. The zero-order valence-electron chi connectivity index (χ0n) is 32.4. The number of carbonyl (C=O) groups is 1. The molecular weight excluding hydrogens is 576 g/mol. The lowest BCUT2D eigenvalue weighted by atomic mass is 9.47. The number of alkyl carbamates (subject to hydrolysis) is 1. The van der Waals surface area contributed by atoms with Gasteiger partial charge in [0.15, 0.2) is 0 Å². The van der Waals surface area contributed by atoms with Crippen molar-refractivity contribution in [2.45, 2.75) is 183 Å². The number of unbranched alkanes of at least 4 members (excludes halogenated alkanes) is 6. The maximum atomic E-state index is 12.9. The number of allylic oxidation sites excluding steroid dienone is 1. The Morgan fingerprint density at radius 1 is 0.851 bits per heavy atom. The van der Waals surface area contributed by atoms with E-state index >= 15 is 0 Å². The minimum Gasteiger partial charge on any atom is -0.446 e. The van der Waals surface area contributed by atoms with Crippen LogP contribution in [0, 0.1) is 46.3 Å². The molecule has 3 fully saturated rings. The first kappa shape index (κ1) is 38.8. The second-order valence-electron chi connectivity index (χ2n) is 17.8. The summed E-state index contributed by atoms with van der Waals surface area (Å²) in [5.41, 5.74) is 2.46. The van der Waals surface area contributed by atoms with Crippen LogP contribution in [0.3, 0.4) is 0 Å². The van der Waals surface area contributed by atoms with Crippen LogP contribution in [0.4, 0.5) is 4.79 Å². The monoisotopic (exact) mass is 655 g/mol. The molecule has 0 aromatic heterocycles. The van der Waals surface area contributed by atoms with E-state index in [9.17, 15) is 4.79 Å². The Bertz CT molecular complexity index is 949. The fourth-order valence-electron chi connectivity index (χ4n) is 11.3. The van der Waals surface area contributed by atoms with Crippen LogP contribution in [0.25, 0.3) is 0 Å². The van der Waals surface area contributed by atoms with Crippen molar-refractivity contribution in [1.29, 1.82) is 0 Å². The first-order valence-electron chi connectivity index (χ1n) is 21.0. The number of hydrogen-bond donors (Lipinski definition) is 1. The van der Waals surface area contributed by atoms with Crippen molar-refractivity contribution in [1.82, 2.24) is 10.2 Å². The van der Waals surface area contributed by atoms with Gasteiger partial charge in [-0.1, -0.05) is 118 Å². The number of ether oxygens (including phenoxy) is 1. The molecule has 272 valence electrons. The van der Waals surface area contributed by atoms with Gasteiger partial charge in [0.25, 0.3) is 0 Å². The first-order valence-corrected chi connectivity index (χ1v) is 21.0. The molecule has 1 amide bonds. The summed E-state index contributed by atoms with van der Waals surface area (Å²) >= 11 is 0. The lowest BCUT2D eigenvalue weighted by Crippen LogP contribution is -2.51. The molecule has 4 nitrogen and oxygen atoms in total. The van der Waals surface area contributed by atoms with Crippen LogP contribution < -0.4 is 5.32 Å². The van der Waals surface area contributed by atoms with Gasteiger partial charge >= 0.3 is 6.09 Å². The van der Waals surface area contributed by atoms with E-state index in [0.717, 1.165) is 61.3 Å². The normalized spacial score (nSPS) is 32.4. The molecule has 0 heterocycles. The van der Waals surface area contributed by atoms with Gasteiger partial charge in [-0.25, -0.2) is 4.79 Å². The molecule has 0 radical (unpaired) electrons. The van der Waals surface area contributed by atoms with Crippen LogP contribution in [-0.2, 0) is 4.74 Å². The predicted molar refractivity (Wildman–Crippen MR) is 201 cm³/mol. The molecule has 1 N–H and O–H groups in total. The molecule has 0 aromatic carbocycles. The Morgan fingerprint density at radius 2 is 1.55 bits per heavy atom. The van der Waals surface area contributed by atoms with Crippen LogP contribution in [0.2, 0.25) is 0 Å². The standard InChI is InChI=1S/C43H78N2O2/c1-8-10-12-14-29-45(30-15-13-11-9-2)31-17-28-44-41(46)47-36-24-26-42(6)35(32-36)20-21-37-39-23-22-38(34(5)19-16-18-33(3)4)43(39,7)27-25-40(37)42/h20,33-34,36-40H,8-19,21-32H2,1-7H3,(H,44,46). The summed E-state index contributed by atoms with van der Waals surface area (Å²) in [4.78, 5) is 15.5. The highest BCUT2D eigenvalue weighted by Gasteiger charge is 2.59. The van der Waals surface area contributed by atoms with Gasteiger partial charge in [0.1, 0.15) is 6.10 Å². The van der Waals surface area contributed by atoms with Crippen LogP contribution in [0.5, 0.6) is 0 Å². The first-order chi connectivity index (χ1) is 22.6. The Hall–Kier alpha value is -1.03. The molecule has 0 saturated heterocycles. The average Bonchev–Trinajstić information content (AvgIpc) is 3.40. The van der Waals surface area contributed by atoms with Crippen LogP contribution >= 0.6 is 0 Å². The molecule has 8 unspecified atom stereocenters. The maximum absolute atomic E-state index is 12.9. The molecule has 47 heavy (non-hydrogen) atoms. The van der Waals surface area contributed by atoms with Crippen molar-refractivity contribution in [3.05, 3.63) is 11.6 Å². The predicted octanol–water partition coefficient (Wildman–Crippen LogP) is 12.0. The fraction of sp³-hybridized carbons (Fsp3) is 0.930. The third-order valence-electron chi connectivity index (χ3n) is 14.1. The highest BCUT2D eigenvalue weighted by atomic mass is 16.6. The number of rotatable bonds is 20. The van der Waals surface area contributed by atoms with Gasteiger partial charge in [-0.15, -0.1) is 0 Å². The van der Waals surface area contributed by atoms with Gasteiger partial charge in [0.05, 0.1) is 0 Å². The quantitative estimate of drug-likeness (QED) is 0.105. The summed E-state index contributed by atoms with van der Waals surface area (Å²) in [6.07, 6.45) is 28.4. The Morgan fingerprint density at radius 3 is 2.23 bits per heavy atom. The van der Waals surface area contributed by atoms with E-state index in [1.165, 1.54) is 122 Å². The van der Waals surface area contributed by atoms with Crippen molar-refractivity contribution in [3.8, 4) is 0 Å². The van der Waals surface area contributed by atoms with Crippen molar-refractivity contribution in [3.63, 3.8) is 0 Å². The summed E-state index contributed by atoms with van der Waals surface area (Å²) in [6.45, 7) is 21.4. The second-order valence-corrected chi connectivity index (χ2v) is 17.8. The summed E-state index contributed by atoms with van der Waals surface area (Å²) < 4.78 is 6.08. The third-order valence-corrected chi connectivity index (χ3v) is 14.1. The number of nitrogens with one attached hydrogen (secondary N) is 1. The molecule has 0 aromatic rings. The number of fused-ring (bicyclic) bond motifs is 5. The highest BCUT2D eigenvalue weighted by molar-refractivity contribution is 5.67. The van der Waals surface area contributed by atoms with E-state index in [1.54, 1.807) is 5.57 Å². The molecule has 0 bridgehead atoms. The second kappa shape index (κ2) is 18.8. The van der Waals surface area contributed by atoms with Crippen molar-refractivity contribution < 1.29 is 9.53 Å². The van der Waals surface area contributed by atoms with Gasteiger partial charge < -0.3 is 15.0 Å². The molecule has 0 spiro atoms. The summed E-state index contributed by atoms with van der Waals surface area (Å²) in [5.74, 6) is 5.19. The van der Waals surface area contributed by atoms with E-state index in [4.69, 9.17) is 4.74 Å². The van der Waals surface area contributed by atoms with Crippen molar-refractivity contribution in [2.75, 3.05) is 26.2 Å². The Labute approximate surface area is 292 Å². The zero-order chi connectivity index (χ0) is 33.9. The zero-order valence-corrected chi connectivity index (χ0v) is 32.4. The number of carbonyl (C=O) groups excluding carboxylic acids is 1. The summed E-state index contributed by atoms with van der Waals surface area (Å²) in [6, 6.07) is 0. The SMILES string of the molecule is CCCCCCN(CCCCCC)CCCNC(=O)OC1CCC2(C)C(=CCC3C2CCC2(C)C(C(C)CCCC(C)C)CCC32)C1.